The first-order chi connectivity index (χ1) is 12.4. The first-order valence-electron chi connectivity index (χ1n) is 9.71. The van der Waals surface area contributed by atoms with Crippen molar-refractivity contribution in [1.82, 2.24) is 0 Å². The van der Waals surface area contributed by atoms with Crippen molar-refractivity contribution in [3.63, 3.8) is 0 Å². The lowest BCUT2D eigenvalue weighted by Gasteiger charge is -2.34. The smallest absolute Gasteiger partial charge is 0.152 e. The summed E-state index contributed by atoms with van der Waals surface area (Å²) in [4.78, 5) is 24.7. The molecule has 0 aromatic heterocycles. The zero-order valence-electron chi connectivity index (χ0n) is 16.1. The summed E-state index contributed by atoms with van der Waals surface area (Å²) >= 11 is 0. The van der Waals surface area contributed by atoms with Crippen LogP contribution >= 0.6 is 0 Å². The van der Waals surface area contributed by atoms with Gasteiger partial charge in [-0.05, 0) is 24.8 Å². The fourth-order valence-corrected chi connectivity index (χ4v) is 4.25. The molecule has 1 aromatic rings. The highest BCUT2D eigenvalue weighted by molar-refractivity contribution is 5.85. The molecule has 142 valence electrons. The van der Waals surface area contributed by atoms with Crippen LogP contribution in [-0.2, 0) is 25.7 Å². The molecule has 0 aliphatic carbocycles. The molecule has 0 spiro atoms. The van der Waals surface area contributed by atoms with E-state index in [1.165, 1.54) is 0 Å². The van der Waals surface area contributed by atoms with Gasteiger partial charge in [0.25, 0.3) is 0 Å². The van der Waals surface area contributed by atoms with Crippen LogP contribution in [0, 0.1) is 17.3 Å². The summed E-state index contributed by atoms with van der Waals surface area (Å²) in [6.45, 7) is 7.07. The molecule has 0 amide bonds. The number of ether oxygens (including phenoxy) is 2. The van der Waals surface area contributed by atoms with E-state index < -0.39 is 5.60 Å². The number of fused-ring (bicyclic) bond motifs is 2. The molecule has 0 radical (unpaired) electrons. The number of ketones is 1. The van der Waals surface area contributed by atoms with E-state index >= 15 is 0 Å². The molecule has 2 fully saturated rings. The Morgan fingerprint density at radius 2 is 2.08 bits per heavy atom. The molecule has 0 unspecified atom stereocenters. The number of Topliss-reactive ketones (excluding diaryl/α,β-unsaturated/α-hetero) is 1. The quantitative estimate of drug-likeness (QED) is 0.627. The molecule has 4 atom stereocenters. The van der Waals surface area contributed by atoms with Crippen molar-refractivity contribution in [3.05, 3.63) is 35.9 Å². The molecule has 2 saturated heterocycles. The maximum absolute atomic E-state index is 12.8. The summed E-state index contributed by atoms with van der Waals surface area (Å²) in [6, 6.07) is 10.0. The number of carbonyl (C=O) groups excluding carboxylic acids is 2. The lowest BCUT2D eigenvalue weighted by atomic mass is 9.68. The van der Waals surface area contributed by atoms with E-state index in [9.17, 15) is 9.59 Å². The first kappa shape index (κ1) is 19.2. The Balaban J connectivity index is 1.68. The third kappa shape index (κ3) is 3.63. The predicted molar refractivity (Wildman–Crippen MR) is 99.7 cm³/mol. The molecule has 4 heteroatoms. The third-order valence-electron chi connectivity index (χ3n) is 6.48. The van der Waals surface area contributed by atoms with Crippen LogP contribution in [0.1, 0.15) is 52.0 Å². The van der Waals surface area contributed by atoms with E-state index in [0.29, 0.717) is 19.6 Å². The van der Waals surface area contributed by atoms with E-state index in [-0.39, 0.29) is 29.1 Å². The Labute approximate surface area is 156 Å². The molecule has 0 N–H and O–H groups in total. The number of rotatable bonds is 9. The van der Waals surface area contributed by atoms with Gasteiger partial charge in [-0.2, -0.15) is 0 Å². The van der Waals surface area contributed by atoms with Crippen molar-refractivity contribution in [2.24, 2.45) is 17.3 Å². The second-order valence-corrected chi connectivity index (χ2v) is 8.40. The summed E-state index contributed by atoms with van der Waals surface area (Å²) in [6.07, 6.45) is 3.77. The van der Waals surface area contributed by atoms with Gasteiger partial charge in [0.1, 0.15) is 11.4 Å². The van der Waals surface area contributed by atoms with E-state index in [1.807, 2.05) is 51.1 Å². The van der Waals surface area contributed by atoms with Crippen molar-refractivity contribution in [2.75, 3.05) is 6.61 Å². The second-order valence-electron chi connectivity index (χ2n) is 8.40. The zero-order valence-corrected chi connectivity index (χ0v) is 16.1. The van der Waals surface area contributed by atoms with Gasteiger partial charge in [-0.15, -0.1) is 0 Å². The Morgan fingerprint density at radius 3 is 2.73 bits per heavy atom. The summed E-state index contributed by atoms with van der Waals surface area (Å²) < 4.78 is 12.0. The first-order valence-corrected chi connectivity index (χ1v) is 9.71. The van der Waals surface area contributed by atoms with Crippen LogP contribution in [0.25, 0.3) is 0 Å². The van der Waals surface area contributed by atoms with Crippen LogP contribution in [0.15, 0.2) is 30.3 Å². The van der Waals surface area contributed by atoms with Crippen LogP contribution in [0.4, 0.5) is 0 Å². The highest BCUT2D eigenvalue weighted by Gasteiger charge is 2.60. The molecule has 26 heavy (non-hydrogen) atoms. The average Bonchev–Trinajstić information content (AvgIpc) is 3.21. The molecule has 1 aromatic carbocycles. The van der Waals surface area contributed by atoms with Gasteiger partial charge in [-0.1, -0.05) is 51.1 Å². The van der Waals surface area contributed by atoms with Gasteiger partial charge < -0.3 is 14.3 Å². The molecule has 0 saturated carbocycles. The molecule has 2 aliphatic rings. The largest absolute Gasteiger partial charge is 0.376 e. The SMILES string of the molecule is CCC(C)(C)C(=O)C[C@H]1[C@@H](COCc2ccccc2)[C@@H]2CC[C@@]1(C=O)O2. The molecular formula is C22H30O4. The lowest BCUT2D eigenvalue weighted by molar-refractivity contribution is -0.133. The third-order valence-corrected chi connectivity index (χ3v) is 6.48. The van der Waals surface area contributed by atoms with E-state index in [1.54, 1.807) is 0 Å². The normalized spacial score (nSPS) is 30.5. The summed E-state index contributed by atoms with van der Waals surface area (Å²) in [5.74, 6) is 0.248. The maximum Gasteiger partial charge on any atom is 0.152 e. The van der Waals surface area contributed by atoms with Gasteiger partial charge in [-0.25, -0.2) is 0 Å². The summed E-state index contributed by atoms with van der Waals surface area (Å²) in [5.41, 5.74) is -0.0202. The van der Waals surface area contributed by atoms with Crippen LogP contribution < -0.4 is 0 Å². The van der Waals surface area contributed by atoms with Crippen molar-refractivity contribution in [1.29, 1.82) is 0 Å². The van der Waals surface area contributed by atoms with Crippen molar-refractivity contribution in [3.8, 4) is 0 Å². The summed E-state index contributed by atoms with van der Waals surface area (Å²) in [5, 5.41) is 0. The van der Waals surface area contributed by atoms with Crippen molar-refractivity contribution >= 4 is 12.1 Å². The van der Waals surface area contributed by atoms with Crippen molar-refractivity contribution in [2.45, 2.75) is 64.8 Å². The minimum absolute atomic E-state index is 0.0264. The van der Waals surface area contributed by atoms with Crippen LogP contribution in [0.5, 0.6) is 0 Å². The molecule has 2 aliphatic heterocycles. The topological polar surface area (TPSA) is 52.6 Å². The van der Waals surface area contributed by atoms with E-state index in [0.717, 1.165) is 31.1 Å². The van der Waals surface area contributed by atoms with Gasteiger partial charge in [-0.3, -0.25) is 4.79 Å². The highest BCUT2D eigenvalue weighted by atomic mass is 16.5. The van der Waals surface area contributed by atoms with Crippen LogP contribution in [-0.4, -0.2) is 30.4 Å². The molecule has 4 nitrogen and oxygen atoms in total. The maximum atomic E-state index is 12.8. The van der Waals surface area contributed by atoms with Gasteiger partial charge in [0.15, 0.2) is 6.29 Å². The van der Waals surface area contributed by atoms with Gasteiger partial charge in [0, 0.05) is 23.7 Å². The van der Waals surface area contributed by atoms with Gasteiger partial charge in [0.2, 0.25) is 0 Å². The average molecular weight is 358 g/mol. The van der Waals surface area contributed by atoms with Crippen molar-refractivity contribution < 1.29 is 19.1 Å². The lowest BCUT2D eigenvalue weighted by Crippen LogP contribution is -2.43. The van der Waals surface area contributed by atoms with Gasteiger partial charge >= 0.3 is 0 Å². The monoisotopic (exact) mass is 358 g/mol. The minimum atomic E-state index is -0.787. The van der Waals surface area contributed by atoms with E-state index in [4.69, 9.17) is 9.47 Å². The Hall–Kier alpha value is -1.52. The molecule has 2 bridgehead atoms. The number of carbonyl (C=O) groups is 2. The number of hydrogen-bond acceptors (Lipinski definition) is 4. The minimum Gasteiger partial charge on any atom is -0.376 e. The number of aldehydes is 1. The number of hydrogen-bond donors (Lipinski definition) is 0. The zero-order chi connectivity index (χ0) is 18.8. The van der Waals surface area contributed by atoms with Crippen LogP contribution in [0.2, 0.25) is 0 Å². The highest BCUT2D eigenvalue weighted by Crippen LogP contribution is 2.52. The Kier molecular flexibility index (Phi) is 5.64. The Morgan fingerprint density at radius 1 is 1.35 bits per heavy atom. The number of benzene rings is 1. The second kappa shape index (κ2) is 7.61. The fraction of sp³-hybridized carbons (Fsp3) is 0.636. The molecular weight excluding hydrogens is 328 g/mol. The predicted octanol–water partition coefficient (Wildman–Crippen LogP) is 3.96. The fourth-order valence-electron chi connectivity index (χ4n) is 4.25. The molecule has 2 heterocycles. The summed E-state index contributed by atoms with van der Waals surface area (Å²) in [7, 11) is 0. The van der Waals surface area contributed by atoms with Crippen LogP contribution in [0.3, 0.4) is 0 Å². The standard InChI is InChI=1S/C22H30O4/c1-4-21(2,3)20(24)12-18-17(19-10-11-22(18,15-23)26-19)14-25-13-16-8-6-5-7-9-16/h5-9,15,17-19H,4,10-14H2,1-3H3/t17-,18+,19+,22+/m1/s1. The van der Waals surface area contributed by atoms with E-state index in [2.05, 4.69) is 0 Å². The Bertz CT molecular complexity index is 639. The van der Waals surface area contributed by atoms with Gasteiger partial charge in [0.05, 0.1) is 19.3 Å². The molecule has 3 rings (SSSR count).